The van der Waals surface area contributed by atoms with Gasteiger partial charge in [0.25, 0.3) is 0 Å². The molecule has 0 aliphatic carbocycles. The molecule has 0 aromatic carbocycles. The van der Waals surface area contributed by atoms with Crippen LogP contribution in [0.1, 0.15) is 47.1 Å². The zero-order valence-electron chi connectivity index (χ0n) is 16.1. The van der Waals surface area contributed by atoms with Crippen LogP contribution in [0.25, 0.3) is 11.3 Å². The molecule has 3 aromatic rings. The minimum absolute atomic E-state index is 0.118. The van der Waals surface area contributed by atoms with Gasteiger partial charge >= 0.3 is 0 Å². The molecule has 4 heterocycles. The number of rotatable bonds is 6. The number of carbonyl (C=O) groups is 1. The molecule has 0 amide bonds. The van der Waals surface area contributed by atoms with Crippen LogP contribution in [0.4, 0.5) is 0 Å². The van der Waals surface area contributed by atoms with Crippen molar-refractivity contribution in [3.63, 3.8) is 0 Å². The molecule has 29 heavy (non-hydrogen) atoms. The fourth-order valence-electron chi connectivity index (χ4n) is 3.65. The minimum Gasteiger partial charge on any atom is -0.293 e. The van der Waals surface area contributed by atoms with Gasteiger partial charge in [-0.15, -0.1) is 22.7 Å². The molecular formula is C20H20Cl2N4OS2. The number of hydrogen-bond donors (Lipinski definition) is 0. The van der Waals surface area contributed by atoms with E-state index >= 15 is 0 Å². The van der Waals surface area contributed by atoms with Crippen molar-refractivity contribution < 1.29 is 4.79 Å². The van der Waals surface area contributed by atoms with Crippen molar-refractivity contribution in [1.82, 2.24) is 19.9 Å². The maximum absolute atomic E-state index is 12.6. The monoisotopic (exact) mass is 466 g/mol. The predicted octanol–water partition coefficient (Wildman–Crippen LogP) is 5.77. The first-order valence-electron chi connectivity index (χ1n) is 9.40. The van der Waals surface area contributed by atoms with E-state index in [9.17, 15) is 4.79 Å². The van der Waals surface area contributed by atoms with Crippen LogP contribution in [0.5, 0.6) is 0 Å². The van der Waals surface area contributed by atoms with Gasteiger partial charge in [0, 0.05) is 34.4 Å². The summed E-state index contributed by atoms with van der Waals surface area (Å²) >= 11 is 15.0. The number of ketones is 1. The number of thiazole rings is 1. The first-order chi connectivity index (χ1) is 13.9. The van der Waals surface area contributed by atoms with Gasteiger partial charge in [0.15, 0.2) is 5.78 Å². The highest BCUT2D eigenvalue weighted by Gasteiger charge is 2.29. The number of nitrogens with zero attached hydrogens (tertiary/aromatic N) is 4. The molecule has 1 aliphatic heterocycles. The lowest BCUT2D eigenvalue weighted by molar-refractivity contribution is 0.0988. The van der Waals surface area contributed by atoms with Crippen LogP contribution in [-0.2, 0) is 13.0 Å². The van der Waals surface area contributed by atoms with E-state index in [4.69, 9.17) is 28.2 Å². The SMILES string of the molecule is C[C@@H]1CC[C@@H](C)N1Cc1sc(CC(=O)c2cnc(Cl)cn2)nc1-c1csc(Cl)c1. The molecule has 0 unspecified atom stereocenters. The lowest BCUT2D eigenvalue weighted by Gasteiger charge is -2.25. The lowest BCUT2D eigenvalue weighted by Crippen LogP contribution is -2.31. The van der Waals surface area contributed by atoms with E-state index in [0.29, 0.717) is 17.8 Å². The Morgan fingerprint density at radius 1 is 1.21 bits per heavy atom. The van der Waals surface area contributed by atoms with Crippen LogP contribution in [0.3, 0.4) is 0 Å². The first kappa shape index (κ1) is 20.9. The highest BCUT2D eigenvalue weighted by molar-refractivity contribution is 7.15. The standard InChI is InChI=1S/C20H20Cl2N4OS2/c1-11-3-4-12(2)26(11)9-16-20(13-5-18(22)28-10-13)25-19(29-16)6-15(27)14-7-24-17(21)8-23-14/h5,7-8,10-12H,3-4,6,9H2,1-2H3/t11-,12-/m1/s1. The van der Waals surface area contributed by atoms with Gasteiger partial charge in [0.1, 0.15) is 15.9 Å². The number of aromatic nitrogens is 3. The smallest absolute Gasteiger partial charge is 0.189 e. The second-order valence-electron chi connectivity index (χ2n) is 7.29. The Balaban J connectivity index is 1.62. The lowest BCUT2D eigenvalue weighted by atomic mass is 10.2. The molecule has 0 saturated carbocycles. The second kappa shape index (κ2) is 8.78. The zero-order valence-corrected chi connectivity index (χ0v) is 19.2. The van der Waals surface area contributed by atoms with E-state index < -0.39 is 0 Å². The first-order valence-corrected chi connectivity index (χ1v) is 11.9. The van der Waals surface area contributed by atoms with Crippen molar-refractivity contribution in [2.24, 2.45) is 0 Å². The van der Waals surface area contributed by atoms with Crippen LogP contribution in [0.15, 0.2) is 23.8 Å². The highest BCUT2D eigenvalue weighted by Crippen LogP contribution is 2.36. The number of hydrogen-bond acceptors (Lipinski definition) is 7. The molecule has 2 atom stereocenters. The summed E-state index contributed by atoms with van der Waals surface area (Å²) in [6.45, 7) is 5.38. The van der Waals surface area contributed by atoms with Crippen LogP contribution < -0.4 is 0 Å². The van der Waals surface area contributed by atoms with Crippen molar-refractivity contribution in [2.75, 3.05) is 0 Å². The molecule has 152 valence electrons. The quantitative estimate of drug-likeness (QED) is 0.431. The third-order valence-corrected chi connectivity index (χ3v) is 7.59. The minimum atomic E-state index is -0.118. The molecule has 4 rings (SSSR count). The molecule has 1 saturated heterocycles. The summed E-state index contributed by atoms with van der Waals surface area (Å²) in [6.07, 6.45) is 5.40. The zero-order chi connectivity index (χ0) is 20.5. The van der Waals surface area contributed by atoms with Gasteiger partial charge < -0.3 is 0 Å². The Morgan fingerprint density at radius 3 is 2.59 bits per heavy atom. The van der Waals surface area contributed by atoms with Gasteiger partial charge in [-0.25, -0.2) is 15.0 Å². The summed E-state index contributed by atoms with van der Waals surface area (Å²) in [5.74, 6) is -0.118. The van der Waals surface area contributed by atoms with Crippen molar-refractivity contribution in [1.29, 1.82) is 0 Å². The Labute approximate surface area is 187 Å². The average molecular weight is 467 g/mol. The highest BCUT2D eigenvalue weighted by atomic mass is 35.5. The fraction of sp³-hybridized carbons (Fsp3) is 0.400. The summed E-state index contributed by atoms with van der Waals surface area (Å²) in [6, 6.07) is 3.03. The molecule has 5 nitrogen and oxygen atoms in total. The summed E-state index contributed by atoms with van der Waals surface area (Å²) < 4.78 is 0.732. The van der Waals surface area contributed by atoms with Crippen LogP contribution >= 0.6 is 45.9 Å². The maximum Gasteiger partial charge on any atom is 0.189 e. The van der Waals surface area contributed by atoms with Gasteiger partial charge in [0.2, 0.25) is 0 Å². The van der Waals surface area contributed by atoms with Gasteiger partial charge in [-0.05, 0) is 32.8 Å². The topological polar surface area (TPSA) is 59.0 Å². The van der Waals surface area contributed by atoms with E-state index in [-0.39, 0.29) is 17.4 Å². The molecule has 1 aliphatic rings. The van der Waals surface area contributed by atoms with Crippen molar-refractivity contribution in [3.8, 4) is 11.3 Å². The Kier molecular flexibility index (Phi) is 6.32. The fourth-order valence-corrected chi connectivity index (χ4v) is 5.71. The van der Waals surface area contributed by atoms with E-state index in [1.54, 1.807) is 11.3 Å². The molecule has 1 fully saturated rings. The molecule has 0 N–H and O–H groups in total. The summed E-state index contributed by atoms with van der Waals surface area (Å²) in [7, 11) is 0. The second-order valence-corrected chi connectivity index (χ2v) is 10.4. The van der Waals surface area contributed by atoms with Gasteiger partial charge in [-0.2, -0.15) is 0 Å². The maximum atomic E-state index is 12.6. The van der Waals surface area contributed by atoms with Crippen LogP contribution in [0, 0.1) is 0 Å². The van der Waals surface area contributed by atoms with Crippen LogP contribution in [-0.4, -0.2) is 37.7 Å². The van der Waals surface area contributed by atoms with Gasteiger partial charge in [0.05, 0.1) is 28.8 Å². The van der Waals surface area contributed by atoms with Crippen molar-refractivity contribution >= 4 is 51.7 Å². The number of carbonyl (C=O) groups excluding carboxylic acids is 1. The molecule has 3 aromatic heterocycles. The largest absolute Gasteiger partial charge is 0.293 e. The van der Waals surface area contributed by atoms with E-state index in [0.717, 1.165) is 27.1 Å². The molecule has 0 spiro atoms. The Hall–Kier alpha value is -1.38. The summed E-state index contributed by atoms with van der Waals surface area (Å²) in [5, 5.41) is 3.07. The van der Waals surface area contributed by atoms with E-state index in [1.165, 1.54) is 41.4 Å². The summed E-state index contributed by atoms with van der Waals surface area (Å²) in [4.78, 5) is 29.1. The number of likely N-dealkylation sites (tertiary alicyclic amines) is 1. The van der Waals surface area contributed by atoms with Crippen molar-refractivity contribution in [2.45, 2.75) is 51.7 Å². The third-order valence-electron chi connectivity index (χ3n) is 5.26. The van der Waals surface area contributed by atoms with Gasteiger partial charge in [-0.3, -0.25) is 9.69 Å². The van der Waals surface area contributed by atoms with Crippen LogP contribution in [0.2, 0.25) is 9.49 Å². The average Bonchev–Trinajstić information content (AvgIpc) is 3.37. The third kappa shape index (κ3) is 4.70. The normalized spacial score (nSPS) is 19.7. The van der Waals surface area contributed by atoms with E-state index in [2.05, 4.69) is 28.7 Å². The summed E-state index contributed by atoms with van der Waals surface area (Å²) in [5.41, 5.74) is 2.23. The molecule has 9 heteroatoms. The molecule has 0 bridgehead atoms. The number of Topliss-reactive ketones (excluding diaryl/α,β-unsaturated/α-hetero) is 1. The Bertz CT molecular complexity index is 1010. The van der Waals surface area contributed by atoms with E-state index in [1.807, 2.05) is 11.4 Å². The predicted molar refractivity (Wildman–Crippen MR) is 119 cm³/mol. The molecule has 0 radical (unpaired) electrons. The van der Waals surface area contributed by atoms with Crippen molar-refractivity contribution in [3.05, 3.63) is 48.9 Å². The molecular weight excluding hydrogens is 447 g/mol. The van der Waals surface area contributed by atoms with Gasteiger partial charge in [-0.1, -0.05) is 23.2 Å². The Morgan fingerprint density at radius 2 is 1.97 bits per heavy atom. The number of halogens is 2. The number of thiophene rings is 1.